The number of halogens is 4. The van der Waals surface area contributed by atoms with E-state index >= 15 is 0 Å². The smallest absolute Gasteiger partial charge is 0.370 e. The Hall–Kier alpha value is -2.19. The number of nitrogens with two attached hydrogens (primary N) is 2. The number of aryl methyl sites for hydroxylation is 1. The molecule has 9 heteroatoms. The summed E-state index contributed by atoms with van der Waals surface area (Å²) in [4.78, 5) is 15.6. The van der Waals surface area contributed by atoms with Crippen molar-refractivity contribution in [2.75, 3.05) is 0 Å². The SMILES string of the molecule is Cc1cc(Sc2ccccc2Cl)c(C(F)(F)F)cc1C(=O)N=C(N)N. The van der Waals surface area contributed by atoms with Gasteiger partial charge in [0, 0.05) is 15.4 Å². The molecule has 132 valence electrons. The summed E-state index contributed by atoms with van der Waals surface area (Å²) in [6, 6.07) is 8.57. The highest BCUT2D eigenvalue weighted by Gasteiger charge is 2.35. The summed E-state index contributed by atoms with van der Waals surface area (Å²) in [7, 11) is 0. The van der Waals surface area contributed by atoms with Gasteiger partial charge in [-0.15, -0.1) is 0 Å². The first kappa shape index (κ1) is 19.1. The molecule has 0 saturated carbocycles. The molecule has 0 aliphatic heterocycles. The van der Waals surface area contributed by atoms with Gasteiger partial charge in [-0.3, -0.25) is 4.79 Å². The highest BCUT2D eigenvalue weighted by atomic mass is 35.5. The topological polar surface area (TPSA) is 81.5 Å². The van der Waals surface area contributed by atoms with Gasteiger partial charge >= 0.3 is 6.18 Å². The van der Waals surface area contributed by atoms with Crippen molar-refractivity contribution in [1.82, 2.24) is 0 Å². The minimum atomic E-state index is -4.66. The Labute approximate surface area is 151 Å². The zero-order chi connectivity index (χ0) is 18.8. The number of amides is 1. The second-order valence-electron chi connectivity index (χ2n) is 5.04. The van der Waals surface area contributed by atoms with Crippen LogP contribution in [0.1, 0.15) is 21.5 Å². The van der Waals surface area contributed by atoms with Crippen LogP contribution in [0, 0.1) is 6.92 Å². The second-order valence-corrected chi connectivity index (χ2v) is 6.53. The molecule has 0 radical (unpaired) electrons. The third kappa shape index (κ3) is 4.67. The van der Waals surface area contributed by atoms with Gasteiger partial charge in [0.05, 0.1) is 10.6 Å². The van der Waals surface area contributed by atoms with Crippen LogP contribution in [0.2, 0.25) is 5.02 Å². The number of alkyl halides is 3. The molecule has 0 unspecified atom stereocenters. The summed E-state index contributed by atoms with van der Waals surface area (Å²) in [6.07, 6.45) is -4.66. The molecule has 4 N–H and O–H groups in total. The molecule has 25 heavy (non-hydrogen) atoms. The fourth-order valence-corrected chi connectivity index (χ4v) is 3.36. The molecular weight excluding hydrogens is 375 g/mol. The molecule has 0 heterocycles. The van der Waals surface area contributed by atoms with E-state index in [1.165, 1.54) is 13.0 Å². The number of carbonyl (C=O) groups is 1. The van der Waals surface area contributed by atoms with E-state index in [9.17, 15) is 18.0 Å². The highest BCUT2D eigenvalue weighted by molar-refractivity contribution is 7.99. The lowest BCUT2D eigenvalue weighted by Gasteiger charge is -2.16. The fraction of sp³-hybridized carbons (Fsp3) is 0.125. The summed E-state index contributed by atoms with van der Waals surface area (Å²) in [5, 5.41) is 0.332. The summed E-state index contributed by atoms with van der Waals surface area (Å²) < 4.78 is 40.3. The Kier molecular flexibility index (Phi) is 5.64. The van der Waals surface area contributed by atoms with Crippen molar-refractivity contribution in [3.63, 3.8) is 0 Å². The minimum Gasteiger partial charge on any atom is -0.370 e. The summed E-state index contributed by atoms with van der Waals surface area (Å²) in [5.74, 6) is -1.45. The fourth-order valence-electron chi connectivity index (χ4n) is 2.04. The van der Waals surface area contributed by atoms with E-state index in [1.807, 2.05) is 0 Å². The van der Waals surface area contributed by atoms with Crippen molar-refractivity contribution in [2.24, 2.45) is 16.5 Å². The molecule has 0 bridgehead atoms. The van der Waals surface area contributed by atoms with Gasteiger partial charge in [-0.1, -0.05) is 35.5 Å². The molecule has 4 nitrogen and oxygen atoms in total. The number of nitrogens with zero attached hydrogens (tertiary/aromatic N) is 1. The van der Waals surface area contributed by atoms with Crippen molar-refractivity contribution < 1.29 is 18.0 Å². The molecule has 0 aliphatic carbocycles. The maximum Gasteiger partial charge on any atom is 0.417 e. The van der Waals surface area contributed by atoms with Crippen LogP contribution in [0.3, 0.4) is 0 Å². The van der Waals surface area contributed by atoms with Gasteiger partial charge in [-0.05, 0) is 36.8 Å². The van der Waals surface area contributed by atoms with E-state index in [0.717, 1.165) is 17.8 Å². The number of hydrogen-bond acceptors (Lipinski definition) is 2. The van der Waals surface area contributed by atoms with Crippen LogP contribution in [-0.2, 0) is 6.18 Å². The average Bonchev–Trinajstić information content (AvgIpc) is 2.47. The molecule has 2 aromatic rings. The monoisotopic (exact) mass is 387 g/mol. The highest BCUT2D eigenvalue weighted by Crippen LogP contribution is 2.42. The third-order valence-electron chi connectivity index (χ3n) is 3.15. The first-order valence-corrected chi connectivity index (χ1v) is 8.07. The predicted octanol–water partition coefficient (Wildman–Crippen LogP) is 4.23. The van der Waals surface area contributed by atoms with E-state index in [0.29, 0.717) is 15.5 Å². The van der Waals surface area contributed by atoms with Gasteiger partial charge in [0.25, 0.3) is 5.91 Å². The molecule has 2 aromatic carbocycles. The lowest BCUT2D eigenvalue weighted by Crippen LogP contribution is -2.24. The van der Waals surface area contributed by atoms with Gasteiger partial charge < -0.3 is 11.5 Å². The van der Waals surface area contributed by atoms with Gasteiger partial charge in [0.1, 0.15) is 0 Å². The molecule has 0 spiro atoms. The van der Waals surface area contributed by atoms with Crippen LogP contribution >= 0.6 is 23.4 Å². The van der Waals surface area contributed by atoms with Crippen LogP contribution in [0.4, 0.5) is 13.2 Å². The summed E-state index contributed by atoms with van der Waals surface area (Å²) >= 11 is 6.89. The largest absolute Gasteiger partial charge is 0.417 e. The van der Waals surface area contributed by atoms with E-state index < -0.39 is 23.6 Å². The molecule has 0 aromatic heterocycles. The van der Waals surface area contributed by atoms with E-state index in [2.05, 4.69) is 4.99 Å². The number of benzene rings is 2. The number of hydrogen-bond donors (Lipinski definition) is 2. The molecule has 0 atom stereocenters. The number of guanidine groups is 1. The minimum absolute atomic E-state index is 0.0700. The first-order chi connectivity index (χ1) is 11.6. The van der Waals surface area contributed by atoms with Crippen molar-refractivity contribution >= 4 is 35.2 Å². The summed E-state index contributed by atoms with van der Waals surface area (Å²) in [5.41, 5.74) is 9.38. The van der Waals surface area contributed by atoms with Gasteiger partial charge in [0.2, 0.25) is 0 Å². The predicted molar refractivity (Wildman–Crippen MR) is 91.9 cm³/mol. The number of carbonyl (C=O) groups excluding carboxylic acids is 1. The van der Waals surface area contributed by atoms with Crippen LogP contribution < -0.4 is 11.5 Å². The zero-order valence-corrected chi connectivity index (χ0v) is 14.5. The van der Waals surface area contributed by atoms with Crippen LogP contribution in [-0.4, -0.2) is 11.9 Å². The normalized spacial score (nSPS) is 11.2. The number of aliphatic imine (C=N–C) groups is 1. The third-order valence-corrected chi connectivity index (χ3v) is 4.72. The standard InChI is InChI=1S/C16H13ClF3N3OS/c1-8-6-13(25-12-5-3-2-4-11(12)17)10(16(18,19)20)7-9(8)14(24)23-15(21)22/h2-7H,1H3,(H4,21,22,23,24). The van der Waals surface area contributed by atoms with E-state index in [4.69, 9.17) is 23.1 Å². The first-order valence-electron chi connectivity index (χ1n) is 6.87. The lowest BCUT2D eigenvalue weighted by atomic mass is 10.0. The Morgan fingerprint density at radius 2 is 1.80 bits per heavy atom. The maximum absolute atomic E-state index is 13.4. The maximum atomic E-state index is 13.4. The molecule has 0 fully saturated rings. The van der Waals surface area contributed by atoms with Crippen molar-refractivity contribution in [3.05, 3.63) is 58.1 Å². The van der Waals surface area contributed by atoms with E-state index in [1.54, 1.807) is 24.3 Å². The van der Waals surface area contributed by atoms with Crippen molar-refractivity contribution in [2.45, 2.75) is 22.9 Å². The Balaban J connectivity index is 2.57. The zero-order valence-electron chi connectivity index (χ0n) is 12.9. The van der Waals surface area contributed by atoms with Gasteiger partial charge in [0.15, 0.2) is 5.96 Å². The molecule has 1 amide bonds. The Morgan fingerprint density at radius 3 is 2.36 bits per heavy atom. The van der Waals surface area contributed by atoms with Gasteiger partial charge in [-0.25, -0.2) is 0 Å². The molecular formula is C16H13ClF3N3OS. The number of rotatable bonds is 3. The van der Waals surface area contributed by atoms with Crippen molar-refractivity contribution in [3.8, 4) is 0 Å². The van der Waals surface area contributed by atoms with E-state index in [-0.39, 0.29) is 10.5 Å². The van der Waals surface area contributed by atoms with Crippen LogP contribution in [0.15, 0.2) is 51.2 Å². The van der Waals surface area contributed by atoms with Gasteiger partial charge in [-0.2, -0.15) is 18.2 Å². The Morgan fingerprint density at radius 1 is 1.16 bits per heavy atom. The lowest BCUT2D eigenvalue weighted by molar-refractivity contribution is -0.139. The molecule has 0 saturated heterocycles. The quantitative estimate of drug-likeness (QED) is 0.610. The van der Waals surface area contributed by atoms with Crippen LogP contribution in [0.5, 0.6) is 0 Å². The Bertz CT molecular complexity index is 849. The molecule has 2 rings (SSSR count). The second kappa shape index (κ2) is 7.37. The summed E-state index contributed by atoms with van der Waals surface area (Å²) in [6.45, 7) is 1.51. The van der Waals surface area contributed by atoms with Crippen molar-refractivity contribution in [1.29, 1.82) is 0 Å². The molecule has 0 aliphatic rings. The average molecular weight is 388 g/mol. The van der Waals surface area contributed by atoms with Crippen LogP contribution in [0.25, 0.3) is 0 Å².